The molecule has 126 valence electrons. The summed E-state index contributed by atoms with van der Waals surface area (Å²) in [5, 5.41) is 9.38. The molecular weight excluding hydrogens is 276 g/mol. The van der Waals surface area contributed by atoms with Gasteiger partial charge in [-0.15, -0.1) is 0 Å². The highest BCUT2D eigenvalue weighted by Crippen LogP contribution is 2.22. The average Bonchev–Trinajstić information content (AvgIpc) is 2.86. The number of furan rings is 1. The SMILES string of the molecule is Cc1ccc(CN2CCC(CN(C)CC(C)(C)CO)CC2)o1. The third kappa shape index (κ3) is 5.41. The smallest absolute Gasteiger partial charge is 0.118 e. The third-order valence-electron chi connectivity index (χ3n) is 4.58. The Bertz CT molecular complexity index is 448. The second-order valence-electron chi connectivity index (χ2n) is 7.75. The Morgan fingerprint density at radius 1 is 1.32 bits per heavy atom. The van der Waals surface area contributed by atoms with Crippen molar-refractivity contribution >= 4 is 0 Å². The Labute approximate surface area is 135 Å². The Kier molecular flexibility index (Phi) is 6.07. The second kappa shape index (κ2) is 7.62. The van der Waals surface area contributed by atoms with E-state index in [4.69, 9.17) is 4.42 Å². The number of aryl methyl sites for hydroxylation is 1. The van der Waals surface area contributed by atoms with Gasteiger partial charge in [-0.3, -0.25) is 4.90 Å². The van der Waals surface area contributed by atoms with Gasteiger partial charge in [-0.25, -0.2) is 0 Å². The van der Waals surface area contributed by atoms with Crippen molar-refractivity contribution < 1.29 is 9.52 Å². The van der Waals surface area contributed by atoms with E-state index < -0.39 is 0 Å². The van der Waals surface area contributed by atoms with Crippen LogP contribution in [0.5, 0.6) is 0 Å². The minimum absolute atomic E-state index is 0.00734. The van der Waals surface area contributed by atoms with Gasteiger partial charge in [0, 0.05) is 25.1 Å². The van der Waals surface area contributed by atoms with Crippen molar-refractivity contribution in [1.29, 1.82) is 0 Å². The van der Waals surface area contributed by atoms with Crippen LogP contribution >= 0.6 is 0 Å². The average molecular weight is 308 g/mol. The minimum atomic E-state index is -0.00734. The predicted molar refractivity (Wildman–Crippen MR) is 89.8 cm³/mol. The molecule has 1 saturated heterocycles. The third-order valence-corrected chi connectivity index (χ3v) is 4.58. The topological polar surface area (TPSA) is 39.9 Å². The highest BCUT2D eigenvalue weighted by Gasteiger charge is 2.24. The van der Waals surface area contributed by atoms with E-state index in [9.17, 15) is 5.11 Å². The van der Waals surface area contributed by atoms with Crippen molar-refractivity contribution in [2.45, 2.75) is 40.2 Å². The van der Waals surface area contributed by atoms with Gasteiger partial charge in [0.05, 0.1) is 6.54 Å². The predicted octanol–water partition coefficient (Wildman–Crippen LogP) is 2.75. The van der Waals surface area contributed by atoms with Crippen molar-refractivity contribution in [1.82, 2.24) is 9.80 Å². The van der Waals surface area contributed by atoms with Crippen LogP contribution in [0.1, 0.15) is 38.2 Å². The summed E-state index contributed by atoms with van der Waals surface area (Å²) in [6, 6.07) is 4.13. The van der Waals surface area contributed by atoms with Crippen molar-refractivity contribution in [2.75, 3.05) is 39.8 Å². The van der Waals surface area contributed by atoms with Crippen molar-refractivity contribution in [2.24, 2.45) is 11.3 Å². The molecule has 0 amide bonds. The van der Waals surface area contributed by atoms with Gasteiger partial charge < -0.3 is 14.4 Å². The Morgan fingerprint density at radius 3 is 2.55 bits per heavy atom. The monoisotopic (exact) mass is 308 g/mol. The van der Waals surface area contributed by atoms with Gasteiger partial charge in [-0.1, -0.05) is 13.8 Å². The van der Waals surface area contributed by atoms with Gasteiger partial charge >= 0.3 is 0 Å². The van der Waals surface area contributed by atoms with Crippen LogP contribution in [-0.2, 0) is 6.54 Å². The maximum Gasteiger partial charge on any atom is 0.118 e. The van der Waals surface area contributed by atoms with Gasteiger partial charge in [0.15, 0.2) is 0 Å². The van der Waals surface area contributed by atoms with Crippen molar-refractivity contribution in [3.8, 4) is 0 Å². The minimum Gasteiger partial charge on any atom is -0.465 e. The van der Waals surface area contributed by atoms with Crippen LogP contribution in [0.15, 0.2) is 16.5 Å². The molecule has 1 fully saturated rings. The van der Waals surface area contributed by atoms with Crippen molar-refractivity contribution in [3.05, 3.63) is 23.7 Å². The molecule has 0 bridgehead atoms. The Balaban J connectivity index is 1.70. The number of hydrogen-bond donors (Lipinski definition) is 1. The van der Waals surface area contributed by atoms with Crippen LogP contribution in [-0.4, -0.2) is 54.7 Å². The van der Waals surface area contributed by atoms with Gasteiger partial charge in [-0.05, 0) is 58.0 Å². The molecule has 0 unspecified atom stereocenters. The maximum absolute atomic E-state index is 9.38. The van der Waals surface area contributed by atoms with Gasteiger partial charge in [0.25, 0.3) is 0 Å². The van der Waals surface area contributed by atoms with Crippen molar-refractivity contribution in [3.63, 3.8) is 0 Å². The summed E-state index contributed by atoms with van der Waals surface area (Å²) in [5.74, 6) is 2.85. The van der Waals surface area contributed by atoms with E-state index in [1.807, 2.05) is 13.0 Å². The summed E-state index contributed by atoms with van der Waals surface area (Å²) in [4.78, 5) is 4.87. The molecule has 4 heteroatoms. The summed E-state index contributed by atoms with van der Waals surface area (Å²) < 4.78 is 5.67. The van der Waals surface area contributed by atoms with E-state index in [2.05, 4.69) is 36.8 Å². The van der Waals surface area contributed by atoms with E-state index in [1.165, 1.54) is 12.8 Å². The summed E-state index contributed by atoms with van der Waals surface area (Å²) in [6.45, 7) is 11.8. The summed E-state index contributed by atoms with van der Waals surface area (Å²) in [5.41, 5.74) is -0.00734. The molecule has 0 radical (unpaired) electrons. The highest BCUT2D eigenvalue weighted by molar-refractivity contribution is 5.05. The molecule has 0 aromatic carbocycles. The lowest BCUT2D eigenvalue weighted by molar-refractivity contribution is 0.0919. The fourth-order valence-corrected chi connectivity index (χ4v) is 3.40. The zero-order valence-corrected chi connectivity index (χ0v) is 14.6. The van der Waals surface area contributed by atoms with Crippen LogP contribution in [0.3, 0.4) is 0 Å². The standard InChI is InChI=1S/C18H32N2O2/c1-15-5-6-17(22-15)12-20-9-7-16(8-10-20)11-19(4)13-18(2,3)14-21/h5-6,16,21H,7-14H2,1-4H3. The van der Waals surface area contributed by atoms with Gasteiger partial charge in [-0.2, -0.15) is 0 Å². The van der Waals surface area contributed by atoms with E-state index in [-0.39, 0.29) is 12.0 Å². The molecule has 1 aromatic rings. The molecule has 0 spiro atoms. The molecule has 1 aliphatic rings. The van der Waals surface area contributed by atoms with E-state index >= 15 is 0 Å². The van der Waals surface area contributed by atoms with Crippen LogP contribution in [0.25, 0.3) is 0 Å². The van der Waals surface area contributed by atoms with Gasteiger partial charge in [0.1, 0.15) is 11.5 Å². The normalized spacial score (nSPS) is 18.3. The number of aliphatic hydroxyl groups is 1. The van der Waals surface area contributed by atoms with E-state index in [1.54, 1.807) is 0 Å². The first-order valence-corrected chi connectivity index (χ1v) is 8.45. The first kappa shape index (κ1) is 17.5. The zero-order chi connectivity index (χ0) is 16.2. The van der Waals surface area contributed by atoms with Crippen LogP contribution < -0.4 is 0 Å². The first-order valence-electron chi connectivity index (χ1n) is 8.45. The molecule has 2 heterocycles. The van der Waals surface area contributed by atoms with Gasteiger partial charge in [0.2, 0.25) is 0 Å². The maximum atomic E-state index is 9.38. The summed E-state index contributed by atoms with van der Waals surface area (Å²) in [7, 11) is 2.18. The number of rotatable bonds is 7. The largest absolute Gasteiger partial charge is 0.465 e. The first-order chi connectivity index (χ1) is 10.4. The van der Waals surface area contributed by atoms with Crippen LogP contribution in [0, 0.1) is 18.3 Å². The molecule has 1 aromatic heterocycles. The quantitative estimate of drug-likeness (QED) is 0.841. The lowest BCUT2D eigenvalue weighted by Crippen LogP contribution is -2.40. The zero-order valence-electron chi connectivity index (χ0n) is 14.6. The molecule has 22 heavy (non-hydrogen) atoms. The lowest BCUT2D eigenvalue weighted by atomic mass is 9.92. The highest BCUT2D eigenvalue weighted by atomic mass is 16.3. The number of hydrogen-bond acceptors (Lipinski definition) is 4. The number of aliphatic hydroxyl groups excluding tert-OH is 1. The van der Waals surface area contributed by atoms with E-state index in [0.717, 1.165) is 50.2 Å². The fourth-order valence-electron chi connectivity index (χ4n) is 3.40. The molecule has 1 aliphatic heterocycles. The second-order valence-corrected chi connectivity index (χ2v) is 7.75. The Hall–Kier alpha value is -0.840. The molecule has 4 nitrogen and oxygen atoms in total. The number of piperidine rings is 1. The summed E-state index contributed by atoms with van der Waals surface area (Å²) >= 11 is 0. The molecule has 0 saturated carbocycles. The lowest BCUT2D eigenvalue weighted by Gasteiger charge is -2.35. The molecule has 1 N–H and O–H groups in total. The van der Waals surface area contributed by atoms with E-state index in [0.29, 0.717) is 0 Å². The number of nitrogens with zero attached hydrogens (tertiary/aromatic N) is 2. The molecule has 2 rings (SSSR count). The fraction of sp³-hybridized carbons (Fsp3) is 0.778. The molecule has 0 aliphatic carbocycles. The van der Waals surface area contributed by atoms with Crippen LogP contribution in [0.2, 0.25) is 0 Å². The Morgan fingerprint density at radius 2 is 2.00 bits per heavy atom. The number of likely N-dealkylation sites (tertiary alicyclic amines) is 1. The summed E-state index contributed by atoms with van der Waals surface area (Å²) in [6.07, 6.45) is 2.51. The van der Waals surface area contributed by atoms with Crippen LogP contribution in [0.4, 0.5) is 0 Å². The molecular formula is C18H32N2O2. The molecule has 0 atom stereocenters.